The fraction of sp³-hybridized carbons (Fsp3) is 0.0909. The maximum atomic E-state index is 13.6. The van der Waals surface area contributed by atoms with Crippen molar-refractivity contribution in [1.29, 1.82) is 0 Å². The number of carbonyl (C=O) groups is 4. The molecule has 0 atom stereocenters. The molecule has 1 aliphatic rings. The second-order valence-electron chi connectivity index (χ2n) is 9.76. The normalized spacial score (nSPS) is 13.3. The van der Waals surface area contributed by atoms with Crippen LogP contribution in [0.3, 0.4) is 0 Å². The van der Waals surface area contributed by atoms with Gasteiger partial charge in [-0.15, -0.1) is 0 Å². The molecule has 1 heterocycles. The summed E-state index contributed by atoms with van der Waals surface area (Å²) in [5.41, 5.74) is 3.21. The Bertz CT molecular complexity index is 1690. The van der Waals surface area contributed by atoms with Crippen LogP contribution in [0.5, 0.6) is 5.75 Å². The Morgan fingerprint density at radius 1 is 0.791 bits per heavy atom. The van der Waals surface area contributed by atoms with E-state index in [1.807, 2.05) is 32.0 Å². The van der Waals surface area contributed by atoms with Crippen LogP contribution in [0.1, 0.15) is 16.7 Å². The van der Waals surface area contributed by atoms with E-state index >= 15 is 0 Å². The van der Waals surface area contributed by atoms with E-state index in [1.54, 1.807) is 60.7 Å². The van der Waals surface area contributed by atoms with Crippen LogP contribution in [0.15, 0.2) is 96.6 Å². The number of ether oxygens (including phenoxy) is 1. The first-order valence-electron chi connectivity index (χ1n) is 13.2. The molecule has 0 saturated carbocycles. The zero-order valence-electron chi connectivity index (χ0n) is 23.1. The summed E-state index contributed by atoms with van der Waals surface area (Å²) in [4.78, 5) is 55.1. The molecule has 0 aromatic heterocycles. The molecule has 0 spiro atoms. The van der Waals surface area contributed by atoms with Crippen molar-refractivity contribution in [2.45, 2.75) is 13.8 Å². The van der Waals surface area contributed by atoms with Gasteiger partial charge in [-0.3, -0.25) is 14.4 Å². The predicted molar refractivity (Wildman–Crippen MR) is 168 cm³/mol. The summed E-state index contributed by atoms with van der Waals surface area (Å²) < 4.78 is 5.63. The monoisotopic (exact) mass is 613 g/mol. The number of anilines is 3. The lowest BCUT2D eigenvalue weighted by atomic mass is 10.0. The Morgan fingerprint density at radius 2 is 1.33 bits per heavy atom. The van der Waals surface area contributed by atoms with Crippen molar-refractivity contribution in [3.05, 3.63) is 123 Å². The van der Waals surface area contributed by atoms with Gasteiger partial charge in [0, 0.05) is 5.69 Å². The van der Waals surface area contributed by atoms with Gasteiger partial charge in [0.05, 0.1) is 21.4 Å². The molecule has 0 bridgehead atoms. The number of barbiturate groups is 1. The summed E-state index contributed by atoms with van der Waals surface area (Å²) >= 11 is 12.9. The van der Waals surface area contributed by atoms with Gasteiger partial charge in [-0.1, -0.05) is 71.7 Å². The van der Waals surface area contributed by atoms with Crippen molar-refractivity contribution >= 4 is 70.1 Å². The Kier molecular flexibility index (Phi) is 8.61. The lowest BCUT2D eigenvalue weighted by Gasteiger charge is -2.33. The minimum absolute atomic E-state index is 0.0606. The fourth-order valence-corrected chi connectivity index (χ4v) is 5.11. The number of carbonyl (C=O) groups excluding carboxylic acids is 4. The molecule has 1 aliphatic heterocycles. The van der Waals surface area contributed by atoms with Crippen LogP contribution in [0.25, 0.3) is 6.08 Å². The van der Waals surface area contributed by atoms with Crippen molar-refractivity contribution in [3.63, 3.8) is 0 Å². The number of amides is 5. The fourth-order valence-electron chi connectivity index (χ4n) is 4.50. The van der Waals surface area contributed by atoms with Crippen molar-refractivity contribution < 1.29 is 23.9 Å². The van der Waals surface area contributed by atoms with Gasteiger partial charge in [-0.05, 0) is 79.1 Å². The largest absolute Gasteiger partial charge is 0.481 e. The molecule has 4 aromatic rings. The number of aryl methyl sites for hydroxylation is 2. The number of imide groups is 2. The molecule has 1 fully saturated rings. The summed E-state index contributed by atoms with van der Waals surface area (Å²) in [6.07, 6.45) is 1.32. The standard InChI is InChI=1S/C33H25Cl2N3O5/c1-20-13-14-21(2)28(15-20)36-29(39)19-43-30-26(34)17-22(18-27(30)35)16-25-31(40)37(23-9-5-3-6-10-23)33(42)38(32(25)41)24-11-7-4-8-12-24/h3-18H,19H2,1-2H3,(H,36,39). The Morgan fingerprint density at radius 3 is 1.86 bits per heavy atom. The summed E-state index contributed by atoms with van der Waals surface area (Å²) in [5, 5.41) is 2.92. The molecule has 1 saturated heterocycles. The van der Waals surface area contributed by atoms with Crippen molar-refractivity contribution in [2.24, 2.45) is 0 Å². The van der Waals surface area contributed by atoms with E-state index in [9.17, 15) is 19.2 Å². The van der Waals surface area contributed by atoms with E-state index in [0.29, 0.717) is 22.6 Å². The number of nitrogens with one attached hydrogen (secondary N) is 1. The topological polar surface area (TPSA) is 96.0 Å². The molecule has 0 aliphatic carbocycles. The third-order valence-corrected chi connectivity index (χ3v) is 7.19. The summed E-state index contributed by atoms with van der Waals surface area (Å²) in [7, 11) is 0. The first kappa shape index (κ1) is 29.6. The van der Waals surface area contributed by atoms with E-state index in [0.717, 1.165) is 20.9 Å². The zero-order chi connectivity index (χ0) is 30.7. The van der Waals surface area contributed by atoms with Crippen molar-refractivity contribution in [1.82, 2.24) is 0 Å². The van der Waals surface area contributed by atoms with Crippen LogP contribution in [-0.4, -0.2) is 30.4 Å². The second kappa shape index (κ2) is 12.5. The second-order valence-corrected chi connectivity index (χ2v) is 10.6. The SMILES string of the molecule is Cc1ccc(C)c(NC(=O)COc2c(Cl)cc(C=C3C(=O)N(c4ccccc4)C(=O)N(c4ccccc4)C3=O)cc2Cl)c1. The highest BCUT2D eigenvalue weighted by Gasteiger charge is 2.43. The van der Waals surface area contributed by atoms with Crippen LogP contribution in [0, 0.1) is 13.8 Å². The summed E-state index contributed by atoms with van der Waals surface area (Å²) in [6.45, 7) is 3.45. The highest BCUT2D eigenvalue weighted by Crippen LogP contribution is 2.36. The van der Waals surface area contributed by atoms with Crippen LogP contribution in [-0.2, 0) is 14.4 Å². The summed E-state index contributed by atoms with van der Waals surface area (Å²) in [5.74, 6) is -1.94. The van der Waals surface area contributed by atoms with Gasteiger partial charge in [-0.2, -0.15) is 0 Å². The summed E-state index contributed by atoms with van der Waals surface area (Å²) in [6, 6.07) is 24.4. The van der Waals surface area contributed by atoms with Gasteiger partial charge >= 0.3 is 6.03 Å². The number of urea groups is 1. The van der Waals surface area contributed by atoms with Crippen LogP contribution < -0.4 is 19.9 Å². The Balaban J connectivity index is 1.43. The first-order valence-corrected chi connectivity index (χ1v) is 13.9. The molecule has 216 valence electrons. The van der Waals surface area contributed by atoms with E-state index in [-0.39, 0.29) is 28.0 Å². The molecule has 10 heteroatoms. The van der Waals surface area contributed by atoms with Crippen molar-refractivity contribution in [3.8, 4) is 5.75 Å². The van der Waals surface area contributed by atoms with Gasteiger partial charge in [0.15, 0.2) is 12.4 Å². The third kappa shape index (κ3) is 6.30. The maximum Gasteiger partial charge on any atom is 0.343 e. The quantitative estimate of drug-likeness (QED) is 0.175. The number of halogens is 2. The molecule has 5 amide bonds. The number of rotatable bonds is 7. The number of para-hydroxylation sites is 2. The molecule has 1 N–H and O–H groups in total. The maximum absolute atomic E-state index is 13.6. The molecule has 5 rings (SSSR count). The Labute approximate surface area is 258 Å². The molecular formula is C33H25Cl2N3O5. The minimum atomic E-state index is -0.802. The Hall–Kier alpha value is -4.92. The third-order valence-electron chi connectivity index (χ3n) is 6.62. The number of hydrogen-bond acceptors (Lipinski definition) is 5. The van der Waals surface area contributed by atoms with Gasteiger partial charge < -0.3 is 10.1 Å². The zero-order valence-corrected chi connectivity index (χ0v) is 24.6. The number of benzene rings is 4. The van der Waals surface area contributed by atoms with Crippen LogP contribution in [0.2, 0.25) is 10.0 Å². The lowest BCUT2D eigenvalue weighted by molar-refractivity contribution is -0.121. The van der Waals surface area contributed by atoms with E-state index in [1.165, 1.54) is 18.2 Å². The van der Waals surface area contributed by atoms with Crippen LogP contribution in [0.4, 0.5) is 21.9 Å². The lowest BCUT2D eigenvalue weighted by Crippen LogP contribution is -2.57. The average Bonchev–Trinajstić information content (AvgIpc) is 2.98. The molecular weight excluding hydrogens is 589 g/mol. The molecule has 0 unspecified atom stereocenters. The smallest absolute Gasteiger partial charge is 0.343 e. The van der Waals surface area contributed by atoms with Gasteiger partial charge in [-0.25, -0.2) is 14.6 Å². The number of hydrogen-bond donors (Lipinski definition) is 1. The predicted octanol–water partition coefficient (Wildman–Crippen LogP) is 7.21. The van der Waals surface area contributed by atoms with E-state index in [4.69, 9.17) is 27.9 Å². The van der Waals surface area contributed by atoms with E-state index in [2.05, 4.69) is 5.32 Å². The molecule has 8 nitrogen and oxygen atoms in total. The highest BCUT2D eigenvalue weighted by molar-refractivity contribution is 6.46. The first-order chi connectivity index (χ1) is 20.6. The average molecular weight is 614 g/mol. The van der Waals surface area contributed by atoms with E-state index < -0.39 is 23.8 Å². The van der Waals surface area contributed by atoms with Crippen LogP contribution >= 0.6 is 23.2 Å². The minimum Gasteiger partial charge on any atom is -0.481 e. The molecule has 0 radical (unpaired) electrons. The highest BCUT2D eigenvalue weighted by atomic mass is 35.5. The van der Waals surface area contributed by atoms with Gasteiger partial charge in [0.25, 0.3) is 17.7 Å². The van der Waals surface area contributed by atoms with Gasteiger partial charge in [0.2, 0.25) is 0 Å². The van der Waals surface area contributed by atoms with Gasteiger partial charge in [0.1, 0.15) is 5.57 Å². The number of nitrogens with zero attached hydrogens (tertiary/aromatic N) is 2. The molecule has 43 heavy (non-hydrogen) atoms. The van der Waals surface area contributed by atoms with Crippen molar-refractivity contribution in [2.75, 3.05) is 21.7 Å². The molecule has 4 aromatic carbocycles.